The summed E-state index contributed by atoms with van der Waals surface area (Å²) in [6.45, 7) is -5.13. The fraction of sp³-hybridized carbons (Fsp3) is 0.878. The first-order valence-electron chi connectivity index (χ1n) is 30.4. The minimum Gasteiger partial charge on any atom is -0.506 e. The Morgan fingerprint density at radius 2 is 0.867 bits per heavy atom. The van der Waals surface area contributed by atoms with Gasteiger partial charge in [0.15, 0.2) is 68.1 Å². The largest absolute Gasteiger partial charge is 0.506 e. The Kier molecular flexibility index (Phi) is 28.6. The van der Waals surface area contributed by atoms with Crippen LogP contribution in [0.15, 0.2) is 11.5 Å². The number of rotatable bonds is 28. The molecule has 1 amide bonds. The van der Waals surface area contributed by atoms with Gasteiger partial charge in [-0.25, -0.2) is 22.7 Å². The number of carbonyl (C=O) groups is 4. The number of aliphatic carboxylic acids is 3. The molecule has 0 aliphatic carbocycles. The van der Waals surface area contributed by atoms with Gasteiger partial charge in [0.1, 0.15) is 159 Å². The maximum atomic E-state index is 13.0. The normalized spacial score (nSPS) is 45.3. The summed E-state index contributed by atoms with van der Waals surface area (Å²) in [6, 6.07) is -4.96. The Morgan fingerprint density at radius 1 is 0.448 bits per heavy atom. The molecule has 105 heavy (non-hydrogen) atoms. The number of hydrogen-bond donors (Lipinski definition) is 26. The summed E-state index contributed by atoms with van der Waals surface area (Å²) in [6.07, 6.45) is -84.0. The van der Waals surface area contributed by atoms with Crippen LogP contribution in [0.2, 0.25) is 0 Å². The minimum atomic E-state index is -5.81. The molecular formula is C49H76N2O51S3. The lowest BCUT2D eigenvalue weighted by Gasteiger charge is -2.50. The SMILES string of the molecule is CC(=O)N[C@H]1[C@@H](O[C@H]2[C@H](O)[C@@H](O)[C@H](O[C@H]3[C@@H](O)[C@@H](CO)O[C@@H](O[C@H]4[C@@H](O)[C@@H](CO)O[C@@H](O[C@@H]5CO[C@@H](O)[C@H](O)[C@H]5O)[C@@H]4O)[C@@H]3O)O[C@@H]2C(=O)O)O[C@H](CO)[C@@H](O[C@@H]2O[C@H](C(=O)O)[C@@H](O[C@H]3O[C@H](COS(=O)(=O)O)[C@@H](O[C@@H]4OC(C(=O)O)=C(O)[C@H](O)[C@H]4OS(=O)(=O)O)[C@H](O)[C@H]3NS(=O)(=O)O)[C@H](O)[C@H]2O)[C@@H]1O. The predicted molar refractivity (Wildman–Crippen MR) is 305 cm³/mol. The summed E-state index contributed by atoms with van der Waals surface area (Å²) in [5.74, 6) is -11.1. The van der Waals surface area contributed by atoms with Crippen LogP contribution in [0.1, 0.15) is 6.92 Å². The lowest BCUT2D eigenvalue weighted by Crippen LogP contribution is -2.71. The standard InChI is InChI=1S/C49H76N2O51S3/c1-7(55)50-13-18(59)29(93-45-25(66)22(63)34(38(100-45)41(74)75)98-44-14(51-103(77,78)79)19(60)30(12(92-44)6-87-104(80,81)82)94-49-36(102-105(83,84)85)21(62)20(61)35(99-49)39(70)71)10(4-54)90-43(13)97-33-23(64)26(67)46(101-37(33)40(72)73)95-32-17(58)9(3-53)89-48(28(32)69)96-31-16(57)8(2-52)88-47(27(31)68)91-11-5-86-42(76)24(65)15(11)56/h8-19,21-34,36-38,42-49,51-54,56-69,76H,2-6H2,1H3,(H,50,55)(H,70,71)(H,72,73)(H,74,75)(H,77,78,79)(H,80,81,82)(H,83,84,85)/t8-,9-,10-,11-,12-,13-,14-,15+,16+,17+,18-,19-,21+,22-,23-,24-,25-,26-,27-,28-,29-,30-,31+,32+,33+,34+,36-,37+,38+,42-,43-,44-,45-,46-,47+,48+,49-/m1/s1. The minimum absolute atomic E-state index is 0.622. The van der Waals surface area contributed by atoms with Crippen LogP contribution in [0.25, 0.3) is 0 Å². The fourth-order valence-corrected chi connectivity index (χ4v) is 13.3. The highest BCUT2D eigenvalue weighted by molar-refractivity contribution is 7.83. The highest BCUT2D eigenvalue weighted by Crippen LogP contribution is 2.40. The van der Waals surface area contributed by atoms with Crippen molar-refractivity contribution in [3.63, 3.8) is 0 Å². The van der Waals surface area contributed by atoms with Crippen molar-refractivity contribution in [2.24, 2.45) is 0 Å². The number of carboxylic acids is 3. The van der Waals surface area contributed by atoms with Crippen molar-refractivity contribution < 1.29 is 245 Å². The number of nitrogens with one attached hydrogen (secondary N) is 2. The van der Waals surface area contributed by atoms with Crippen LogP contribution in [0.5, 0.6) is 0 Å². The van der Waals surface area contributed by atoms with Gasteiger partial charge in [0.25, 0.3) is 0 Å². The number of carboxylic acid groups (broad SMARTS) is 3. The molecule has 8 aliphatic rings. The number of carbonyl (C=O) groups excluding carboxylic acids is 1. The van der Waals surface area contributed by atoms with Gasteiger partial charge in [-0.3, -0.25) is 18.5 Å². The number of aliphatic hydroxyl groups excluding tert-OH is 18. The van der Waals surface area contributed by atoms with Crippen molar-refractivity contribution >= 4 is 54.9 Å². The van der Waals surface area contributed by atoms with Crippen LogP contribution >= 0.6 is 0 Å². The van der Waals surface area contributed by atoms with Crippen molar-refractivity contribution in [3.8, 4) is 0 Å². The summed E-state index contributed by atoms with van der Waals surface area (Å²) in [5.41, 5.74) is 0. The van der Waals surface area contributed by atoms with E-state index in [1.807, 2.05) is 0 Å². The van der Waals surface area contributed by atoms with Gasteiger partial charge in [-0.15, -0.1) is 0 Å². The first-order valence-corrected chi connectivity index (χ1v) is 34.5. The number of aliphatic hydroxyl groups is 18. The Morgan fingerprint density at radius 3 is 1.31 bits per heavy atom. The van der Waals surface area contributed by atoms with E-state index < -0.39 is 327 Å². The molecule has 8 rings (SSSR count). The molecule has 26 N–H and O–H groups in total. The molecule has 0 spiro atoms. The second-order valence-corrected chi connectivity index (χ2v) is 27.5. The quantitative estimate of drug-likeness (QED) is 0.0324. The molecule has 7 saturated heterocycles. The van der Waals surface area contributed by atoms with Crippen molar-refractivity contribution in [2.75, 3.05) is 33.0 Å². The third-order valence-electron chi connectivity index (χ3n) is 17.0. The molecule has 8 aliphatic heterocycles. The molecule has 53 nitrogen and oxygen atoms in total. The van der Waals surface area contributed by atoms with E-state index in [4.69, 9.17) is 71.1 Å². The molecule has 0 unspecified atom stereocenters. The smallest absolute Gasteiger partial charge is 0.397 e. The first-order chi connectivity index (χ1) is 48.8. The molecule has 56 heteroatoms. The average Bonchev–Trinajstić information content (AvgIpc) is 0.767. The van der Waals surface area contributed by atoms with Crippen molar-refractivity contribution in [1.82, 2.24) is 10.0 Å². The summed E-state index contributed by atoms with van der Waals surface area (Å²) in [4.78, 5) is 50.6. The second kappa shape index (κ2) is 34.9. The predicted octanol–water partition coefficient (Wildman–Crippen LogP) is -17.3. The van der Waals surface area contributed by atoms with Gasteiger partial charge in [0.2, 0.25) is 18.0 Å². The molecule has 0 bridgehead atoms. The summed E-state index contributed by atoms with van der Waals surface area (Å²) in [7, 11) is -17.3. The molecule has 0 aromatic rings. The van der Waals surface area contributed by atoms with E-state index in [9.17, 15) is 165 Å². The van der Waals surface area contributed by atoms with Crippen molar-refractivity contribution in [1.29, 1.82) is 0 Å². The zero-order chi connectivity index (χ0) is 78.3. The van der Waals surface area contributed by atoms with Crippen LogP contribution in [-0.4, -0.2) is 430 Å². The van der Waals surface area contributed by atoms with Gasteiger partial charge in [-0.1, -0.05) is 0 Å². The van der Waals surface area contributed by atoms with E-state index in [2.05, 4.69) is 13.7 Å². The average molecular weight is 1610 g/mol. The second-order valence-electron chi connectivity index (χ2n) is 24.1. The molecule has 8 heterocycles. The topological polar surface area (TPSA) is 837 Å². The van der Waals surface area contributed by atoms with Crippen LogP contribution in [0.3, 0.4) is 0 Å². The van der Waals surface area contributed by atoms with E-state index in [-0.39, 0.29) is 0 Å². The third-order valence-corrected chi connectivity index (χ3v) is 18.5. The molecule has 0 aromatic heterocycles. The lowest BCUT2D eigenvalue weighted by molar-refractivity contribution is -0.390. The summed E-state index contributed by atoms with van der Waals surface area (Å²) >= 11 is 0. The molecule has 606 valence electrons. The number of ether oxygens (including phenoxy) is 15. The molecular weight excluding hydrogens is 1530 g/mol. The van der Waals surface area contributed by atoms with E-state index in [1.165, 1.54) is 4.72 Å². The lowest BCUT2D eigenvalue weighted by atomic mass is 9.94. The maximum absolute atomic E-state index is 13.0. The Hall–Kier alpha value is -4.41. The van der Waals surface area contributed by atoms with Gasteiger partial charge in [-0.2, -0.15) is 30.0 Å². The Labute approximate surface area is 586 Å². The molecule has 0 radical (unpaired) electrons. The van der Waals surface area contributed by atoms with Crippen LogP contribution in [-0.2, 0) is 130 Å². The number of amides is 1. The van der Waals surface area contributed by atoms with Crippen LogP contribution in [0, 0.1) is 0 Å². The Bertz CT molecular complexity index is 3360. The van der Waals surface area contributed by atoms with Gasteiger partial charge in [0.05, 0.1) is 33.0 Å². The van der Waals surface area contributed by atoms with Crippen LogP contribution in [0.4, 0.5) is 0 Å². The Balaban J connectivity index is 0.983. The molecule has 0 saturated carbocycles. The zero-order valence-corrected chi connectivity index (χ0v) is 55.3. The molecule has 0 aromatic carbocycles. The molecule has 37 atom stereocenters. The number of hydrogen-bond acceptors (Lipinski definition) is 45. The van der Waals surface area contributed by atoms with Gasteiger partial charge < -0.3 is 184 Å². The highest BCUT2D eigenvalue weighted by Gasteiger charge is 2.61. The maximum Gasteiger partial charge on any atom is 0.397 e. The zero-order valence-electron chi connectivity index (χ0n) is 52.9. The van der Waals surface area contributed by atoms with E-state index in [0.717, 1.165) is 6.92 Å². The van der Waals surface area contributed by atoms with E-state index in [1.54, 1.807) is 0 Å². The monoisotopic (exact) mass is 1600 g/mol. The van der Waals surface area contributed by atoms with E-state index >= 15 is 0 Å². The van der Waals surface area contributed by atoms with Gasteiger partial charge in [-0.05, 0) is 0 Å². The summed E-state index contributed by atoms with van der Waals surface area (Å²) in [5, 5.41) is 230. The fourth-order valence-electron chi connectivity index (χ4n) is 12.0. The molecule has 7 fully saturated rings. The van der Waals surface area contributed by atoms with Gasteiger partial charge >= 0.3 is 49.0 Å². The first kappa shape index (κ1) is 86.2. The van der Waals surface area contributed by atoms with Crippen molar-refractivity contribution in [3.05, 3.63) is 11.5 Å². The summed E-state index contributed by atoms with van der Waals surface area (Å²) < 4.78 is 192. The van der Waals surface area contributed by atoms with Crippen LogP contribution < -0.4 is 10.0 Å². The van der Waals surface area contributed by atoms with Gasteiger partial charge in [0, 0.05) is 6.92 Å². The van der Waals surface area contributed by atoms with E-state index in [0.29, 0.717) is 0 Å². The third kappa shape index (κ3) is 19.9. The highest BCUT2D eigenvalue weighted by atomic mass is 32.3. The van der Waals surface area contributed by atoms with Crippen molar-refractivity contribution in [2.45, 2.75) is 234 Å².